The molecule has 104 valence electrons. The molecule has 0 N–H and O–H groups in total. The minimum atomic E-state index is 0.0247. The highest BCUT2D eigenvalue weighted by Gasteiger charge is 2.27. The van der Waals surface area contributed by atoms with Gasteiger partial charge in [-0.2, -0.15) is 0 Å². The average molecular weight is 264 g/mol. The molecule has 0 bridgehead atoms. The van der Waals surface area contributed by atoms with Crippen LogP contribution < -0.4 is 0 Å². The summed E-state index contributed by atoms with van der Waals surface area (Å²) in [5.41, 5.74) is 5.32. The zero-order chi connectivity index (χ0) is 15.3. The van der Waals surface area contributed by atoms with Gasteiger partial charge < -0.3 is 0 Å². The Morgan fingerprint density at radius 3 is 2.30 bits per heavy atom. The molecule has 1 aliphatic carbocycles. The molecule has 0 fully saturated rings. The highest BCUT2D eigenvalue weighted by Crippen LogP contribution is 2.38. The van der Waals surface area contributed by atoms with Crippen molar-refractivity contribution >= 4 is 0 Å². The number of allylic oxidation sites excluding steroid dienone is 5. The highest BCUT2D eigenvalue weighted by atomic mass is 14.3. The van der Waals surface area contributed by atoms with Gasteiger partial charge in [-0.05, 0) is 58.1 Å². The molecule has 1 rings (SSSR count). The van der Waals surface area contributed by atoms with Crippen molar-refractivity contribution in [3.8, 4) is 23.7 Å². The zero-order valence-corrected chi connectivity index (χ0v) is 13.2. The van der Waals surface area contributed by atoms with E-state index >= 15 is 0 Å². The first-order valence-electron chi connectivity index (χ1n) is 6.97. The quantitative estimate of drug-likeness (QED) is 0.450. The molecule has 0 heterocycles. The second-order valence-corrected chi connectivity index (χ2v) is 6.04. The molecule has 0 saturated carbocycles. The molecule has 0 spiro atoms. The van der Waals surface area contributed by atoms with Gasteiger partial charge >= 0.3 is 0 Å². The van der Waals surface area contributed by atoms with Crippen molar-refractivity contribution in [3.05, 3.63) is 47.6 Å². The highest BCUT2D eigenvalue weighted by molar-refractivity contribution is 5.44. The smallest absolute Gasteiger partial charge is 0.0331 e. The Labute approximate surface area is 124 Å². The predicted molar refractivity (Wildman–Crippen MR) is 89.0 cm³/mol. The molecule has 20 heavy (non-hydrogen) atoms. The fraction of sp³-hybridized carbons (Fsp3) is 0.400. The monoisotopic (exact) mass is 264 g/mol. The van der Waals surface area contributed by atoms with Crippen molar-refractivity contribution in [2.75, 3.05) is 0 Å². The van der Waals surface area contributed by atoms with Gasteiger partial charge in [-0.25, -0.2) is 0 Å². The third-order valence-corrected chi connectivity index (χ3v) is 3.55. The van der Waals surface area contributed by atoms with Gasteiger partial charge in [0.1, 0.15) is 0 Å². The maximum Gasteiger partial charge on any atom is 0.0331 e. The molecule has 1 atom stereocenters. The van der Waals surface area contributed by atoms with E-state index in [-0.39, 0.29) is 5.41 Å². The van der Waals surface area contributed by atoms with Gasteiger partial charge in [0.15, 0.2) is 0 Å². The molecule has 1 aliphatic rings. The summed E-state index contributed by atoms with van der Waals surface area (Å²) in [6.45, 7) is 19.9. The summed E-state index contributed by atoms with van der Waals surface area (Å²) < 4.78 is 0. The van der Waals surface area contributed by atoms with Crippen LogP contribution in [0.15, 0.2) is 47.6 Å². The molecular weight excluding hydrogens is 240 g/mol. The Morgan fingerprint density at radius 2 is 1.80 bits per heavy atom. The van der Waals surface area contributed by atoms with Crippen LogP contribution in [0.4, 0.5) is 0 Å². The first-order valence-corrected chi connectivity index (χ1v) is 6.97. The Bertz CT molecular complexity index is 602. The fourth-order valence-electron chi connectivity index (χ4n) is 2.19. The van der Waals surface area contributed by atoms with E-state index in [0.29, 0.717) is 0 Å². The lowest BCUT2D eigenvalue weighted by molar-refractivity contribution is 0.387. The van der Waals surface area contributed by atoms with Crippen molar-refractivity contribution in [1.29, 1.82) is 0 Å². The van der Waals surface area contributed by atoms with Gasteiger partial charge in [-0.15, -0.1) is 0 Å². The average Bonchev–Trinajstić information content (AvgIpc) is 2.34. The maximum atomic E-state index is 3.94. The number of hydrogen-bond acceptors (Lipinski definition) is 0. The molecule has 0 unspecified atom stereocenters. The summed E-state index contributed by atoms with van der Waals surface area (Å²) in [4.78, 5) is 0. The molecule has 0 aromatic heterocycles. The van der Waals surface area contributed by atoms with Crippen molar-refractivity contribution in [2.24, 2.45) is 5.41 Å². The van der Waals surface area contributed by atoms with E-state index in [1.54, 1.807) is 0 Å². The minimum absolute atomic E-state index is 0.0247. The van der Waals surface area contributed by atoms with Gasteiger partial charge in [-0.1, -0.05) is 49.0 Å². The second-order valence-electron chi connectivity index (χ2n) is 6.04. The summed E-state index contributed by atoms with van der Waals surface area (Å²) in [6.07, 6.45) is 3.02. The molecule has 0 radical (unpaired) electrons. The summed E-state index contributed by atoms with van der Waals surface area (Å²) in [5.74, 6) is 12.9. The van der Waals surface area contributed by atoms with Crippen LogP contribution in [0.25, 0.3) is 0 Å². The van der Waals surface area contributed by atoms with Crippen LogP contribution in [-0.2, 0) is 0 Å². The van der Waals surface area contributed by atoms with Crippen LogP contribution >= 0.6 is 0 Å². The van der Waals surface area contributed by atoms with E-state index in [4.69, 9.17) is 0 Å². The van der Waals surface area contributed by atoms with E-state index in [0.717, 1.165) is 36.0 Å². The maximum absolute atomic E-state index is 3.94. The SMILES string of the molecule is C=C(C)C#CC1=C(C)C[C@@](C)(C#CC(=C)C(=C)C)CC1. The number of hydrogen-bond donors (Lipinski definition) is 0. The Hall–Kier alpha value is -1.92. The first kappa shape index (κ1) is 16.1. The van der Waals surface area contributed by atoms with Gasteiger partial charge in [0.05, 0.1) is 0 Å². The summed E-state index contributed by atoms with van der Waals surface area (Å²) in [7, 11) is 0. The molecular formula is C20H24. The third kappa shape index (κ3) is 4.64. The van der Waals surface area contributed by atoms with Crippen LogP contribution in [0, 0.1) is 29.1 Å². The molecule has 0 aromatic rings. The van der Waals surface area contributed by atoms with Crippen LogP contribution in [0.2, 0.25) is 0 Å². The Kier molecular flexibility index (Phi) is 5.24. The van der Waals surface area contributed by atoms with E-state index < -0.39 is 0 Å². The summed E-state index contributed by atoms with van der Waals surface area (Å²) >= 11 is 0. The lowest BCUT2D eigenvalue weighted by atomic mass is 9.73. The molecule has 0 amide bonds. The van der Waals surface area contributed by atoms with E-state index in [1.807, 2.05) is 13.8 Å². The zero-order valence-electron chi connectivity index (χ0n) is 13.2. The van der Waals surface area contributed by atoms with Crippen molar-refractivity contribution in [3.63, 3.8) is 0 Å². The molecule has 0 aromatic carbocycles. The Morgan fingerprint density at radius 1 is 1.15 bits per heavy atom. The van der Waals surface area contributed by atoms with Crippen molar-refractivity contribution in [1.82, 2.24) is 0 Å². The fourth-order valence-corrected chi connectivity index (χ4v) is 2.19. The number of rotatable bonds is 1. The molecule has 0 aliphatic heterocycles. The van der Waals surface area contributed by atoms with Gasteiger partial charge in [0, 0.05) is 16.6 Å². The lowest BCUT2D eigenvalue weighted by Crippen LogP contribution is -2.19. The summed E-state index contributed by atoms with van der Waals surface area (Å²) in [5, 5.41) is 0. The molecule has 0 heteroatoms. The van der Waals surface area contributed by atoms with Crippen LogP contribution in [0.5, 0.6) is 0 Å². The van der Waals surface area contributed by atoms with E-state index in [1.165, 1.54) is 11.1 Å². The predicted octanol–water partition coefficient (Wildman–Crippen LogP) is 5.21. The largest absolute Gasteiger partial charge is 0.0949 e. The van der Waals surface area contributed by atoms with Gasteiger partial charge in [0.25, 0.3) is 0 Å². The van der Waals surface area contributed by atoms with Crippen molar-refractivity contribution < 1.29 is 0 Å². The van der Waals surface area contributed by atoms with Gasteiger partial charge in [-0.3, -0.25) is 0 Å². The van der Waals surface area contributed by atoms with Crippen molar-refractivity contribution in [2.45, 2.75) is 47.0 Å². The Balaban J connectivity index is 2.91. The summed E-state index contributed by atoms with van der Waals surface area (Å²) in [6, 6.07) is 0. The second kappa shape index (κ2) is 6.49. The normalized spacial score (nSPS) is 21.2. The van der Waals surface area contributed by atoms with Gasteiger partial charge in [0.2, 0.25) is 0 Å². The lowest BCUT2D eigenvalue weighted by Gasteiger charge is -2.29. The first-order chi connectivity index (χ1) is 9.23. The van der Waals surface area contributed by atoms with E-state index in [2.05, 4.69) is 57.3 Å². The molecule has 0 saturated heterocycles. The third-order valence-electron chi connectivity index (χ3n) is 3.55. The molecule has 0 nitrogen and oxygen atoms in total. The standard InChI is InChI=1S/C20H24/c1-15(2)8-9-19-11-13-20(7,14-18(19)6)12-10-17(5)16(3)4/h1,3,5,11,13-14H2,2,4,6-7H3/t20-/m0/s1. The topological polar surface area (TPSA) is 0 Å². The van der Waals surface area contributed by atoms with Crippen LogP contribution in [-0.4, -0.2) is 0 Å². The minimum Gasteiger partial charge on any atom is -0.0949 e. The van der Waals surface area contributed by atoms with E-state index in [9.17, 15) is 0 Å². The van der Waals surface area contributed by atoms with Crippen LogP contribution in [0.3, 0.4) is 0 Å². The van der Waals surface area contributed by atoms with Crippen LogP contribution in [0.1, 0.15) is 47.0 Å².